The quantitative estimate of drug-likeness (QED) is 0.0348. The zero-order valence-corrected chi connectivity index (χ0v) is 36.4. The number of carbonyl (C=O) groups excluding carboxylic acids is 4. The number of rotatable bonds is 22. The van der Waals surface area contributed by atoms with E-state index < -0.39 is 75.9 Å². The highest BCUT2D eigenvalue weighted by Crippen LogP contribution is 2.74. The number of ether oxygens (including phenoxy) is 2. The van der Waals surface area contributed by atoms with E-state index in [1.807, 2.05) is 6.92 Å². The second-order valence-electron chi connectivity index (χ2n) is 20.4. The Bertz CT molecular complexity index is 1560. The average Bonchev–Trinajstić information content (AvgIpc) is 3.58. The molecule has 2 aliphatic heterocycles. The molecule has 12 heteroatoms. The zero-order chi connectivity index (χ0) is 42.7. The van der Waals surface area contributed by atoms with Gasteiger partial charge in [-0.1, -0.05) is 85.5 Å². The van der Waals surface area contributed by atoms with Crippen LogP contribution in [0.2, 0.25) is 0 Å². The molecule has 7 rings (SSSR count). The van der Waals surface area contributed by atoms with E-state index in [0.29, 0.717) is 51.4 Å². The van der Waals surface area contributed by atoms with E-state index in [2.05, 4.69) is 27.7 Å². The Morgan fingerprint density at radius 3 is 2.19 bits per heavy atom. The molecular formula is C47H72O12. The summed E-state index contributed by atoms with van der Waals surface area (Å²) in [6, 6.07) is 0. The van der Waals surface area contributed by atoms with Crippen LogP contribution in [0, 0.1) is 69.5 Å². The number of hydrogen-bond donors (Lipinski definition) is 2. The minimum Gasteiger partial charge on any atom is -0.481 e. The lowest BCUT2D eigenvalue weighted by atomic mass is 9.37. The van der Waals surface area contributed by atoms with E-state index in [9.17, 15) is 33.9 Å². The van der Waals surface area contributed by atoms with Crippen molar-refractivity contribution in [2.45, 2.75) is 188 Å². The molecule has 332 valence electrons. The molecule has 13 unspecified atom stereocenters. The Hall–Kier alpha value is -2.86. The number of aliphatic carboxylic acids is 2. The summed E-state index contributed by atoms with van der Waals surface area (Å²) >= 11 is 0. The van der Waals surface area contributed by atoms with Crippen molar-refractivity contribution in [2.75, 3.05) is 0 Å². The van der Waals surface area contributed by atoms with E-state index in [4.69, 9.17) is 24.4 Å². The molecule has 0 aromatic carbocycles. The van der Waals surface area contributed by atoms with E-state index in [-0.39, 0.29) is 54.5 Å². The molecule has 5 aliphatic carbocycles. The van der Waals surface area contributed by atoms with Crippen LogP contribution in [0.25, 0.3) is 0 Å². The number of unbranched alkanes of at least 4 members (excludes halogenated alkanes) is 7. The van der Waals surface area contributed by atoms with E-state index >= 15 is 0 Å². The van der Waals surface area contributed by atoms with Crippen molar-refractivity contribution in [3.63, 3.8) is 0 Å². The molecule has 0 amide bonds. The van der Waals surface area contributed by atoms with E-state index in [0.717, 1.165) is 77.0 Å². The Labute approximate surface area is 350 Å². The van der Waals surface area contributed by atoms with Crippen molar-refractivity contribution in [1.29, 1.82) is 0 Å². The van der Waals surface area contributed by atoms with Gasteiger partial charge in [0.25, 0.3) is 0 Å². The molecule has 7 aliphatic rings. The molecule has 0 radical (unpaired) electrons. The number of esters is 4. The van der Waals surface area contributed by atoms with Crippen molar-refractivity contribution in [1.82, 2.24) is 0 Å². The summed E-state index contributed by atoms with van der Waals surface area (Å²) in [5.74, 6) is -5.17. The summed E-state index contributed by atoms with van der Waals surface area (Å²) in [6.45, 7) is 10.7. The largest absolute Gasteiger partial charge is 0.481 e. The van der Waals surface area contributed by atoms with Crippen molar-refractivity contribution in [3.05, 3.63) is 0 Å². The van der Waals surface area contributed by atoms with Crippen LogP contribution in [0.15, 0.2) is 0 Å². The van der Waals surface area contributed by atoms with E-state index in [1.54, 1.807) is 0 Å². The van der Waals surface area contributed by atoms with Crippen LogP contribution in [0.3, 0.4) is 0 Å². The molecule has 5 saturated carbocycles. The van der Waals surface area contributed by atoms with Gasteiger partial charge in [-0.2, -0.15) is 0 Å². The van der Waals surface area contributed by atoms with Crippen LogP contribution >= 0.6 is 0 Å². The lowest BCUT2D eigenvalue weighted by molar-refractivity contribution is -0.386. The van der Waals surface area contributed by atoms with Crippen molar-refractivity contribution in [2.24, 2.45) is 69.5 Å². The molecule has 7 fully saturated rings. The molecule has 2 heterocycles. The van der Waals surface area contributed by atoms with Gasteiger partial charge >= 0.3 is 35.8 Å². The zero-order valence-electron chi connectivity index (χ0n) is 36.4. The molecule has 12 nitrogen and oxygen atoms in total. The van der Waals surface area contributed by atoms with Gasteiger partial charge in [0.05, 0.1) is 41.8 Å². The summed E-state index contributed by atoms with van der Waals surface area (Å²) in [4.78, 5) is 90.5. The summed E-state index contributed by atoms with van der Waals surface area (Å²) in [7, 11) is 0. The standard InChI is InChI=1S/C47H72O12/c1-6-7-8-12-16-29(32-27-38(50)56-41(32)51)19-20-30(17-13-10-9-11-14-18-37(48)49)58-59-36-26-31(28(2)3)33-25-35-45(4)22-15-23-46(5,44(54)55)34(45)21-24-47(35,36)40-39(33)42(52)57-43(40)53/h28-36,39-40H,6-27H2,1-5H3,(H,48,49)(H,54,55). The minimum atomic E-state index is -0.891. The third-order valence-corrected chi connectivity index (χ3v) is 16.9. The lowest BCUT2D eigenvalue weighted by Crippen LogP contribution is -2.65. The SMILES string of the molecule is CCCCCCC(CCC(CCCCCCCC(=O)O)OOC1CC(C(C)C)C2CC3C4(C)CCCC(C)(C(=O)O)C4CCC13C1C(=O)OC(=O)C21)C1CC(=O)OC1=O. The Morgan fingerprint density at radius 2 is 1.51 bits per heavy atom. The highest BCUT2D eigenvalue weighted by atomic mass is 17.2. The van der Waals surface area contributed by atoms with Crippen LogP contribution in [0.1, 0.15) is 176 Å². The third-order valence-electron chi connectivity index (χ3n) is 16.9. The fraction of sp³-hybridized carbons (Fsp3) is 0.872. The molecule has 2 bridgehead atoms. The van der Waals surface area contributed by atoms with Crippen LogP contribution < -0.4 is 0 Å². The second-order valence-corrected chi connectivity index (χ2v) is 20.4. The molecule has 13 atom stereocenters. The average molecular weight is 829 g/mol. The maximum atomic E-state index is 14.1. The fourth-order valence-corrected chi connectivity index (χ4v) is 13.9. The van der Waals surface area contributed by atoms with Crippen molar-refractivity contribution >= 4 is 35.8 Å². The van der Waals surface area contributed by atoms with E-state index in [1.165, 1.54) is 0 Å². The normalized spacial score (nSPS) is 37.3. The first-order valence-corrected chi connectivity index (χ1v) is 23.4. The predicted molar refractivity (Wildman–Crippen MR) is 216 cm³/mol. The van der Waals surface area contributed by atoms with Gasteiger partial charge in [-0.25, -0.2) is 9.78 Å². The summed E-state index contributed by atoms with van der Waals surface area (Å²) in [5.41, 5.74) is -2.07. The van der Waals surface area contributed by atoms with Crippen LogP contribution in [0.5, 0.6) is 0 Å². The fourth-order valence-electron chi connectivity index (χ4n) is 13.9. The molecule has 1 spiro atoms. The van der Waals surface area contributed by atoms with Crippen LogP contribution in [-0.4, -0.2) is 58.2 Å². The van der Waals surface area contributed by atoms with Crippen LogP contribution in [-0.2, 0) is 48.0 Å². The maximum absolute atomic E-state index is 14.1. The molecule has 2 N–H and O–H groups in total. The van der Waals surface area contributed by atoms with Crippen molar-refractivity contribution in [3.8, 4) is 0 Å². The van der Waals surface area contributed by atoms with Gasteiger partial charge in [0.2, 0.25) is 0 Å². The van der Waals surface area contributed by atoms with Gasteiger partial charge in [-0.05, 0) is 118 Å². The lowest BCUT2D eigenvalue weighted by Gasteiger charge is -2.66. The van der Waals surface area contributed by atoms with Gasteiger partial charge in [0, 0.05) is 11.8 Å². The molecular weight excluding hydrogens is 757 g/mol. The number of fused-ring (bicyclic) bond motifs is 3. The van der Waals surface area contributed by atoms with Gasteiger partial charge in [0.15, 0.2) is 0 Å². The number of cyclic esters (lactones) is 4. The molecule has 0 aromatic heterocycles. The smallest absolute Gasteiger partial charge is 0.318 e. The number of hydrogen-bond acceptors (Lipinski definition) is 10. The first-order valence-electron chi connectivity index (χ1n) is 23.4. The summed E-state index contributed by atoms with van der Waals surface area (Å²) in [6.07, 6.45) is 15.1. The Kier molecular flexibility index (Phi) is 14.7. The maximum Gasteiger partial charge on any atom is 0.318 e. The Balaban J connectivity index is 1.29. The minimum absolute atomic E-state index is 0.0419. The first kappa shape index (κ1) is 45.7. The Morgan fingerprint density at radius 1 is 0.797 bits per heavy atom. The molecule has 0 aromatic rings. The topological polar surface area (TPSA) is 180 Å². The highest BCUT2D eigenvalue weighted by molar-refractivity contribution is 5.97. The van der Waals surface area contributed by atoms with Gasteiger partial charge in [0.1, 0.15) is 0 Å². The number of carbonyl (C=O) groups is 6. The predicted octanol–water partition coefficient (Wildman–Crippen LogP) is 9.25. The third kappa shape index (κ3) is 9.05. The first-order chi connectivity index (χ1) is 28.1. The second kappa shape index (κ2) is 19.0. The molecule has 2 saturated heterocycles. The van der Waals surface area contributed by atoms with Gasteiger partial charge < -0.3 is 19.7 Å². The van der Waals surface area contributed by atoms with Gasteiger partial charge in [-0.3, -0.25) is 28.8 Å². The molecule has 59 heavy (non-hydrogen) atoms. The monoisotopic (exact) mass is 829 g/mol. The highest BCUT2D eigenvalue weighted by Gasteiger charge is 2.76. The van der Waals surface area contributed by atoms with Crippen molar-refractivity contribution < 1.29 is 58.2 Å². The number of carboxylic acids is 2. The summed E-state index contributed by atoms with van der Waals surface area (Å²) in [5, 5.41) is 19.7. The van der Waals surface area contributed by atoms with Gasteiger partial charge in [-0.15, -0.1) is 0 Å². The summed E-state index contributed by atoms with van der Waals surface area (Å²) < 4.78 is 10.6. The van der Waals surface area contributed by atoms with Crippen LogP contribution in [0.4, 0.5) is 0 Å². The number of carboxylic acid groups (broad SMARTS) is 2.